The summed E-state index contributed by atoms with van der Waals surface area (Å²) in [5, 5.41) is 7.82. The van der Waals surface area contributed by atoms with E-state index in [1.54, 1.807) is 0 Å². The molecular formula is C5H13NO3. The molecule has 0 unspecified atom stereocenters. The predicted octanol–water partition coefficient (Wildman–Crippen LogP) is -0.159. The number of hydrogen-bond donors (Lipinski definition) is 2. The van der Waals surface area contributed by atoms with Crippen LogP contribution in [0.3, 0.4) is 0 Å². The predicted molar refractivity (Wildman–Crippen MR) is 33.1 cm³/mol. The lowest BCUT2D eigenvalue weighted by atomic mass is 10.5. The smallest absolute Gasteiger partial charge is 0.105 e. The van der Waals surface area contributed by atoms with Crippen molar-refractivity contribution in [3.05, 3.63) is 0 Å². The van der Waals surface area contributed by atoms with E-state index in [1.165, 1.54) is 0 Å². The van der Waals surface area contributed by atoms with Crippen molar-refractivity contribution in [3.8, 4) is 0 Å². The first kappa shape index (κ1) is 8.84. The lowest BCUT2D eigenvalue weighted by Crippen LogP contribution is -2.07. The summed E-state index contributed by atoms with van der Waals surface area (Å²) in [4.78, 5) is 3.77. The van der Waals surface area contributed by atoms with Crippen LogP contribution in [-0.4, -0.2) is 31.6 Å². The number of hydrogen-bond acceptors (Lipinski definition) is 4. The van der Waals surface area contributed by atoms with Gasteiger partial charge >= 0.3 is 0 Å². The highest BCUT2D eigenvalue weighted by Crippen LogP contribution is 1.78. The zero-order valence-electron chi connectivity index (χ0n) is 5.38. The van der Waals surface area contributed by atoms with Crippen LogP contribution in [0.2, 0.25) is 0 Å². The van der Waals surface area contributed by atoms with Crippen molar-refractivity contribution in [2.24, 2.45) is 5.73 Å². The monoisotopic (exact) mass is 135 g/mol. The van der Waals surface area contributed by atoms with Gasteiger partial charge in [-0.05, 0) is 13.0 Å². The molecule has 0 aromatic heterocycles. The van der Waals surface area contributed by atoms with E-state index in [9.17, 15) is 0 Å². The highest BCUT2D eigenvalue weighted by molar-refractivity contribution is 4.34. The number of rotatable bonds is 6. The van der Waals surface area contributed by atoms with Crippen molar-refractivity contribution in [3.63, 3.8) is 0 Å². The fourth-order valence-electron chi connectivity index (χ4n) is 0.384. The maximum atomic E-state index is 7.82. The lowest BCUT2D eigenvalue weighted by Gasteiger charge is -1.99. The molecule has 0 aromatic rings. The summed E-state index contributed by atoms with van der Waals surface area (Å²) in [6.07, 6.45) is 0.853. The minimum atomic E-state index is 0.227. The Hall–Kier alpha value is -0.160. The van der Waals surface area contributed by atoms with Gasteiger partial charge in [0.2, 0.25) is 0 Å². The van der Waals surface area contributed by atoms with Gasteiger partial charge in [0.25, 0.3) is 0 Å². The minimum Gasteiger partial charge on any atom is -0.379 e. The Morgan fingerprint density at radius 1 is 1.22 bits per heavy atom. The van der Waals surface area contributed by atoms with Gasteiger partial charge in [-0.2, -0.15) is 0 Å². The molecule has 0 amide bonds. The van der Waals surface area contributed by atoms with E-state index < -0.39 is 0 Å². The van der Waals surface area contributed by atoms with Crippen LogP contribution < -0.4 is 5.73 Å². The molecule has 3 N–H and O–H groups in total. The molecule has 0 aliphatic carbocycles. The van der Waals surface area contributed by atoms with Crippen molar-refractivity contribution in [1.29, 1.82) is 0 Å². The molecule has 0 spiro atoms. The van der Waals surface area contributed by atoms with E-state index in [0.29, 0.717) is 19.8 Å². The summed E-state index contributed by atoms with van der Waals surface area (Å²) >= 11 is 0. The zero-order valence-corrected chi connectivity index (χ0v) is 5.38. The van der Waals surface area contributed by atoms with E-state index >= 15 is 0 Å². The largest absolute Gasteiger partial charge is 0.379 e. The Labute approximate surface area is 54.5 Å². The summed E-state index contributed by atoms with van der Waals surface area (Å²) in [5.74, 6) is 0. The third-order valence-electron chi connectivity index (χ3n) is 0.812. The molecule has 0 atom stereocenters. The van der Waals surface area contributed by atoms with Gasteiger partial charge in [0.15, 0.2) is 0 Å². The summed E-state index contributed by atoms with van der Waals surface area (Å²) in [6.45, 7) is 1.93. The van der Waals surface area contributed by atoms with Crippen molar-refractivity contribution in [1.82, 2.24) is 0 Å². The molecule has 4 heteroatoms. The van der Waals surface area contributed by atoms with Gasteiger partial charge in [0.05, 0.1) is 6.61 Å². The first-order valence-corrected chi connectivity index (χ1v) is 2.96. The summed E-state index contributed by atoms with van der Waals surface area (Å²) in [6, 6.07) is 0. The SMILES string of the molecule is NCCCOCCOO. The fourth-order valence-corrected chi connectivity index (χ4v) is 0.384. The lowest BCUT2D eigenvalue weighted by molar-refractivity contribution is -0.249. The van der Waals surface area contributed by atoms with E-state index in [4.69, 9.17) is 15.7 Å². The molecule has 0 radical (unpaired) electrons. The van der Waals surface area contributed by atoms with Gasteiger partial charge in [-0.3, -0.25) is 5.26 Å². The molecule has 0 rings (SSSR count). The van der Waals surface area contributed by atoms with Crippen LogP contribution in [0.4, 0.5) is 0 Å². The number of ether oxygens (including phenoxy) is 1. The van der Waals surface area contributed by atoms with Gasteiger partial charge < -0.3 is 10.5 Å². The normalized spacial score (nSPS) is 10.0. The third-order valence-corrected chi connectivity index (χ3v) is 0.812. The van der Waals surface area contributed by atoms with E-state index in [-0.39, 0.29) is 6.61 Å². The average molecular weight is 135 g/mol. The highest BCUT2D eigenvalue weighted by atomic mass is 17.1. The van der Waals surface area contributed by atoms with Crippen LogP contribution in [0.5, 0.6) is 0 Å². The molecule has 0 saturated carbocycles. The Balaban J connectivity index is 2.60. The third kappa shape index (κ3) is 7.84. The Bertz CT molecular complexity index is 45.5. The molecule has 56 valence electrons. The molecule has 4 nitrogen and oxygen atoms in total. The summed E-state index contributed by atoms with van der Waals surface area (Å²) < 4.78 is 4.95. The van der Waals surface area contributed by atoms with Gasteiger partial charge in [-0.1, -0.05) is 0 Å². The van der Waals surface area contributed by atoms with Crippen molar-refractivity contribution >= 4 is 0 Å². The standard InChI is InChI=1S/C5H13NO3/c6-2-1-3-8-4-5-9-7/h7H,1-6H2. The van der Waals surface area contributed by atoms with Gasteiger partial charge in [0.1, 0.15) is 6.61 Å². The maximum Gasteiger partial charge on any atom is 0.105 e. The van der Waals surface area contributed by atoms with Gasteiger partial charge in [0, 0.05) is 6.61 Å². The molecule has 9 heavy (non-hydrogen) atoms. The maximum absolute atomic E-state index is 7.82. The van der Waals surface area contributed by atoms with Crippen molar-refractivity contribution < 1.29 is 14.9 Å². The van der Waals surface area contributed by atoms with Crippen LogP contribution in [0, 0.1) is 0 Å². The fraction of sp³-hybridized carbons (Fsp3) is 1.00. The molecule has 0 fully saturated rings. The van der Waals surface area contributed by atoms with Crippen LogP contribution in [0.1, 0.15) is 6.42 Å². The minimum absolute atomic E-state index is 0.227. The van der Waals surface area contributed by atoms with Gasteiger partial charge in [-0.15, -0.1) is 0 Å². The van der Waals surface area contributed by atoms with E-state index in [2.05, 4.69) is 4.89 Å². The van der Waals surface area contributed by atoms with E-state index in [1.807, 2.05) is 0 Å². The Morgan fingerprint density at radius 3 is 2.56 bits per heavy atom. The second-order valence-electron chi connectivity index (χ2n) is 1.59. The first-order valence-electron chi connectivity index (χ1n) is 2.96. The zero-order chi connectivity index (χ0) is 6.95. The van der Waals surface area contributed by atoms with Crippen molar-refractivity contribution in [2.75, 3.05) is 26.4 Å². The molecule has 0 saturated heterocycles. The topological polar surface area (TPSA) is 64.7 Å². The molecule has 0 aliphatic heterocycles. The molecule has 0 bridgehead atoms. The summed E-state index contributed by atoms with van der Waals surface area (Å²) in [5.41, 5.74) is 5.18. The highest BCUT2D eigenvalue weighted by Gasteiger charge is 1.85. The Morgan fingerprint density at radius 2 is 2.00 bits per heavy atom. The number of nitrogens with two attached hydrogens (primary N) is 1. The summed E-state index contributed by atoms with van der Waals surface area (Å²) in [7, 11) is 0. The molecule has 0 aliphatic rings. The van der Waals surface area contributed by atoms with Crippen LogP contribution in [0.15, 0.2) is 0 Å². The molecular weight excluding hydrogens is 122 g/mol. The Kier molecular flexibility index (Phi) is 7.70. The second kappa shape index (κ2) is 7.84. The quantitative estimate of drug-likeness (QED) is 0.302. The average Bonchev–Trinajstić information content (AvgIpc) is 1.89. The van der Waals surface area contributed by atoms with Crippen LogP contribution in [-0.2, 0) is 9.62 Å². The van der Waals surface area contributed by atoms with E-state index in [0.717, 1.165) is 6.42 Å². The van der Waals surface area contributed by atoms with Crippen molar-refractivity contribution in [2.45, 2.75) is 6.42 Å². The van der Waals surface area contributed by atoms with Crippen LogP contribution in [0.25, 0.3) is 0 Å². The molecule has 0 aromatic carbocycles. The van der Waals surface area contributed by atoms with Gasteiger partial charge in [-0.25, -0.2) is 4.89 Å². The first-order chi connectivity index (χ1) is 4.41. The van der Waals surface area contributed by atoms with Crippen LogP contribution >= 0.6 is 0 Å². The molecule has 0 heterocycles. The second-order valence-corrected chi connectivity index (χ2v) is 1.59.